The molecule has 0 saturated carbocycles. The van der Waals surface area contributed by atoms with E-state index in [4.69, 9.17) is 9.47 Å². The Bertz CT molecular complexity index is 1080. The van der Waals surface area contributed by atoms with Crippen LogP contribution in [0.3, 0.4) is 0 Å². The second kappa shape index (κ2) is 7.67. The Morgan fingerprint density at radius 3 is 2.43 bits per heavy atom. The zero-order chi connectivity index (χ0) is 19.8. The maximum atomic E-state index is 11.0. The normalized spacial score (nSPS) is 14.6. The summed E-state index contributed by atoms with van der Waals surface area (Å²) in [5, 5.41) is 20.5. The van der Waals surface area contributed by atoms with Gasteiger partial charge >= 0.3 is 0 Å². The van der Waals surface area contributed by atoms with Crippen LogP contribution in [0.25, 0.3) is 10.9 Å². The van der Waals surface area contributed by atoms with Gasteiger partial charge in [0.2, 0.25) is 5.88 Å². The van der Waals surface area contributed by atoms with E-state index < -0.39 is 0 Å². The molecule has 0 unspecified atom stereocenters. The predicted octanol–water partition coefficient (Wildman–Crippen LogP) is 6.14. The first-order valence-corrected chi connectivity index (χ1v) is 10.7. The fourth-order valence-corrected chi connectivity index (χ4v) is 4.24. The average molecular weight is 462 g/mol. The van der Waals surface area contributed by atoms with Gasteiger partial charge in [-0.15, -0.1) is 5.11 Å². The van der Waals surface area contributed by atoms with Gasteiger partial charge in [0.1, 0.15) is 0 Å². The fraction of sp³-hybridized carbons (Fsp3) is 0.300. The van der Waals surface area contributed by atoms with E-state index in [2.05, 4.69) is 26.2 Å². The number of fused-ring (bicyclic) bond motifs is 1. The van der Waals surface area contributed by atoms with Gasteiger partial charge in [0, 0.05) is 27.4 Å². The van der Waals surface area contributed by atoms with Crippen LogP contribution in [0.15, 0.2) is 45.0 Å². The molecule has 1 N–H and O–H groups in total. The highest BCUT2D eigenvalue weighted by molar-refractivity contribution is 9.10. The maximum absolute atomic E-state index is 11.0. The molecule has 1 aliphatic rings. The summed E-state index contributed by atoms with van der Waals surface area (Å²) in [6.07, 6.45) is 0. The Morgan fingerprint density at radius 2 is 1.82 bits per heavy atom. The number of aryl methyl sites for hydroxylation is 1. The lowest BCUT2D eigenvalue weighted by molar-refractivity contribution is 0.355. The number of hydrogen-bond acceptors (Lipinski definition) is 6. The summed E-state index contributed by atoms with van der Waals surface area (Å²) in [7, 11) is 3.20. The van der Waals surface area contributed by atoms with Crippen LogP contribution in [0, 0.1) is 6.92 Å². The molecule has 6 nitrogen and oxygen atoms in total. The van der Waals surface area contributed by atoms with Crippen molar-refractivity contribution in [3.63, 3.8) is 0 Å². The number of benzene rings is 2. The SMILES string of the molecule is COc1cc2c(N=Nc3ccc(Br)c(C)c3)c(O)n(C3CSC3)c2cc1OC. The monoisotopic (exact) mass is 461 g/mol. The highest BCUT2D eigenvalue weighted by atomic mass is 79.9. The smallest absolute Gasteiger partial charge is 0.221 e. The number of rotatable bonds is 5. The zero-order valence-corrected chi connectivity index (χ0v) is 18.2. The summed E-state index contributed by atoms with van der Waals surface area (Å²) < 4.78 is 13.8. The quantitative estimate of drug-likeness (QED) is 0.463. The van der Waals surface area contributed by atoms with Crippen molar-refractivity contribution >= 4 is 50.0 Å². The Kier molecular flexibility index (Phi) is 5.25. The minimum Gasteiger partial charge on any atom is -0.493 e. The molecule has 1 aliphatic heterocycles. The van der Waals surface area contributed by atoms with E-state index in [1.807, 2.05) is 53.6 Å². The summed E-state index contributed by atoms with van der Waals surface area (Å²) >= 11 is 5.34. The molecule has 146 valence electrons. The molecule has 0 spiro atoms. The van der Waals surface area contributed by atoms with Crippen molar-refractivity contribution in [2.75, 3.05) is 25.7 Å². The first-order chi connectivity index (χ1) is 13.5. The van der Waals surface area contributed by atoms with Crippen molar-refractivity contribution in [2.24, 2.45) is 10.2 Å². The van der Waals surface area contributed by atoms with Crippen molar-refractivity contribution in [1.29, 1.82) is 0 Å². The second-order valence-corrected chi connectivity index (χ2v) is 8.52. The summed E-state index contributed by atoms with van der Waals surface area (Å²) in [5.74, 6) is 3.23. The molecule has 8 heteroatoms. The average Bonchev–Trinajstić information content (AvgIpc) is 2.91. The van der Waals surface area contributed by atoms with Gasteiger partial charge in [0.05, 0.1) is 31.5 Å². The molecule has 28 heavy (non-hydrogen) atoms. The minimum absolute atomic E-state index is 0.119. The maximum Gasteiger partial charge on any atom is 0.221 e. The number of nitrogens with zero attached hydrogens (tertiary/aromatic N) is 3. The van der Waals surface area contributed by atoms with Crippen LogP contribution >= 0.6 is 27.7 Å². The van der Waals surface area contributed by atoms with Crippen LogP contribution in [0.2, 0.25) is 0 Å². The van der Waals surface area contributed by atoms with E-state index in [9.17, 15) is 5.11 Å². The fourth-order valence-electron chi connectivity index (χ4n) is 3.25. The third-order valence-electron chi connectivity index (χ3n) is 4.85. The molecule has 2 aromatic carbocycles. The van der Waals surface area contributed by atoms with Gasteiger partial charge in [-0.25, -0.2) is 0 Å². The molecule has 2 heterocycles. The van der Waals surface area contributed by atoms with E-state index >= 15 is 0 Å². The Hall–Kier alpha value is -2.19. The number of aromatic nitrogens is 1. The molecular formula is C20H20BrN3O3S. The molecule has 3 aromatic rings. The van der Waals surface area contributed by atoms with Crippen molar-refractivity contribution in [3.05, 3.63) is 40.4 Å². The molecule has 1 fully saturated rings. The van der Waals surface area contributed by atoms with E-state index in [1.54, 1.807) is 14.2 Å². The Balaban J connectivity index is 1.87. The van der Waals surface area contributed by atoms with Gasteiger partial charge in [-0.1, -0.05) is 15.9 Å². The van der Waals surface area contributed by atoms with Crippen LogP contribution in [0.1, 0.15) is 11.6 Å². The lowest BCUT2D eigenvalue weighted by Gasteiger charge is -2.28. The van der Waals surface area contributed by atoms with Gasteiger partial charge in [-0.3, -0.25) is 0 Å². The predicted molar refractivity (Wildman–Crippen MR) is 116 cm³/mol. The van der Waals surface area contributed by atoms with Crippen molar-refractivity contribution < 1.29 is 14.6 Å². The molecular weight excluding hydrogens is 442 g/mol. The number of aromatic hydroxyl groups is 1. The molecule has 0 atom stereocenters. The van der Waals surface area contributed by atoms with Gasteiger partial charge < -0.3 is 19.1 Å². The molecule has 0 bridgehead atoms. The van der Waals surface area contributed by atoms with Gasteiger partial charge in [0.25, 0.3) is 0 Å². The van der Waals surface area contributed by atoms with Crippen LogP contribution in [-0.2, 0) is 0 Å². The first-order valence-electron chi connectivity index (χ1n) is 8.78. The topological polar surface area (TPSA) is 68.3 Å². The van der Waals surface area contributed by atoms with Crippen LogP contribution < -0.4 is 9.47 Å². The summed E-state index contributed by atoms with van der Waals surface area (Å²) in [6.45, 7) is 2.00. The van der Waals surface area contributed by atoms with Gasteiger partial charge in [-0.05, 0) is 36.8 Å². The molecule has 1 aromatic heterocycles. The third kappa shape index (κ3) is 3.24. The number of thioether (sulfide) groups is 1. The first kappa shape index (κ1) is 19.1. The van der Waals surface area contributed by atoms with E-state index in [0.29, 0.717) is 17.2 Å². The molecule has 0 radical (unpaired) electrons. The van der Waals surface area contributed by atoms with E-state index in [0.717, 1.165) is 38.1 Å². The lowest BCUT2D eigenvalue weighted by atomic mass is 10.2. The third-order valence-corrected chi connectivity index (χ3v) is 6.98. The highest BCUT2D eigenvalue weighted by Gasteiger charge is 2.28. The number of hydrogen-bond donors (Lipinski definition) is 1. The van der Waals surface area contributed by atoms with Crippen LogP contribution in [0.5, 0.6) is 17.4 Å². The Labute approximate surface area is 175 Å². The highest BCUT2D eigenvalue weighted by Crippen LogP contribution is 2.48. The number of methoxy groups -OCH3 is 2. The van der Waals surface area contributed by atoms with E-state index in [1.165, 1.54) is 0 Å². The number of halogens is 1. The molecule has 1 saturated heterocycles. The summed E-state index contributed by atoms with van der Waals surface area (Å²) in [4.78, 5) is 0. The summed E-state index contributed by atoms with van der Waals surface area (Å²) in [5.41, 5.74) is 3.09. The molecule has 4 rings (SSSR count). The number of azo groups is 1. The minimum atomic E-state index is 0.119. The zero-order valence-electron chi connectivity index (χ0n) is 15.8. The largest absolute Gasteiger partial charge is 0.493 e. The van der Waals surface area contributed by atoms with Crippen molar-refractivity contribution in [3.8, 4) is 17.4 Å². The van der Waals surface area contributed by atoms with Crippen molar-refractivity contribution in [1.82, 2.24) is 4.57 Å². The molecule has 0 aliphatic carbocycles. The Morgan fingerprint density at radius 1 is 1.11 bits per heavy atom. The number of ether oxygens (including phenoxy) is 2. The summed E-state index contributed by atoms with van der Waals surface area (Å²) in [6, 6.07) is 9.71. The van der Waals surface area contributed by atoms with Gasteiger partial charge in [0.15, 0.2) is 17.2 Å². The molecule has 0 amide bonds. The standard InChI is InChI=1S/C20H20BrN3O3S/c1-11-6-12(4-5-15(11)21)22-23-19-14-7-17(26-2)18(27-3)8-16(14)24(20(19)25)13-9-28-10-13/h4-8,13,25H,9-10H2,1-3H3. The van der Waals surface area contributed by atoms with Crippen molar-refractivity contribution in [2.45, 2.75) is 13.0 Å². The second-order valence-electron chi connectivity index (χ2n) is 6.59. The van der Waals surface area contributed by atoms with Crippen LogP contribution in [-0.4, -0.2) is 35.4 Å². The van der Waals surface area contributed by atoms with Crippen LogP contribution in [0.4, 0.5) is 11.4 Å². The lowest BCUT2D eigenvalue weighted by Crippen LogP contribution is -2.22. The van der Waals surface area contributed by atoms with E-state index in [-0.39, 0.29) is 11.9 Å². The van der Waals surface area contributed by atoms with Gasteiger partial charge in [-0.2, -0.15) is 16.9 Å².